The van der Waals surface area contributed by atoms with Crippen molar-refractivity contribution in [3.63, 3.8) is 0 Å². The molecule has 0 saturated heterocycles. The van der Waals surface area contributed by atoms with Gasteiger partial charge in [0.05, 0.1) is 23.8 Å². The number of para-hydroxylation sites is 1. The van der Waals surface area contributed by atoms with E-state index in [0.717, 1.165) is 16.2 Å². The molecular weight excluding hydrogens is 442 g/mol. The maximum atomic E-state index is 13.3. The molecule has 2 amide bonds. The first kappa shape index (κ1) is 26.1. The van der Waals surface area contributed by atoms with Gasteiger partial charge in [-0.1, -0.05) is 74.5 Å². The standard InChI is InChI=1S/C24H31N3O5S/c1-18(2)17-22(21(24(29)26-30)16-10-13-19-11-6-4-7-12-19)23(28)25-27(33(3,31)32)20-14-8-5-9-15-20/h4-15,18,21-22,30H,16-17H2,1-3H3,(H,25,28)(H,26,29)/t21-,22-/m0/s1. The Kier molecular flexibility index (Phi) is 9.62. The van der Waals surface area contributed by atoms with Crippen LogP contribution in [-0.4, -0.2) is 31.7 Å². The molecule has 2 rings (SSSR count). The van der Waals surface area contributed by atoms with E-state index >= 15 is 0 Å². The van der Waals surface area contributed by atoms with Crippen molar-refractivity contribution in [2.45, 2.75) is 26.7 Å². The Morgan fingerprint density at radius 1 is 0.970 bits per heavy atom. The topological polar surface area (TPSA) is 116 Å². The summed E-state index contributed by atoms with van der Waals surface area (Å²) in [6.07, 6.45) is 5.07. The highest BCUT2D eigenvalue weighted by molar-refractivity contribution is 7.92. The van der Waals surface area contributed by atoms with E-state index in [1.807, 2.05) is 50.3 Å². The second kappa shape index (κ2) is 12.2. The lowest BCUT2D eigenvalue weighted by molar-refractivity contribution is -0.140. The molecule has 178 valence electrons. The first-order valence-electron chi connectivity index (χ1n) is 10.6. The Balaban J connectivity index is 2.33. The van der Waals surface area contributed by atoms with Crippen LogP contribution in [0.2, 0.25) is 0 Å². The number of carbonyl (C=O) groups excluding carboxylic acids is 2. The summed E-state index contributed by atoms with van der Waals surface area (Å²) in [6, 6.07) is 17.6. The van der Waals surface area contributed by atoms with Crippen LogP contribution in [0.15, 0.2) is 66.7 Å². The van der Waals surface area contributed by atoms with Crippen LogP contribution in [0, 0.1) is 17.8 Å². The molecule has 0 radical (unpaired) electrons. The van der Waals surface area contributed by atoms with Crippen molar-refractivity contribution >= 4 is 33.6 Å². The van der Waals surface area contributed by atoms with Crippen molar-refractivity contribution in [2.24, 2.45) is 17.8 Å². The van der Waals surface area contributed by atoms with Crippen molar-refractivity contribution in [2.75, 3.05) is 10.7 Å². The van der Waals surface area contributed by atoms with Gasteiger partial charge >= 0.3 is 0 Å². The number of nitrogens with one attached hydrogen (secondary N) is 2. The Hall–Kier alpha value is -3.17. The Labute approximate surface area is 195 Å². The fourth-order valence-corrected chi connectivity index (χ4v) is 4.26. The summed E-state index contributed by atoms with van der Waals surface area (Å²) in [5, 5.41) is 9.31. The van der Waals surface area contributed by atoms with Gasteiger partial charge in [-0.2, -0.15) is 4.41 Å². The highest BCUT2D eigenvalue weighted by atomic mass is 32.2. The predicted molar refractivity (Wildman–Crippen MR) is 128 cm³/mol. The average Bonchev–Trinajstić information content (AvgIpc) is 2.78. The van der Waals surface area contributed by atoms with E-state index in [4.69, 9.17) is 0 Å². The van der Waals surface area contributed by atoms with Crippen LogP contribution < -0.4 is 15.3 Å². The van der Waals surface area contributed by atoms with Crippen LogP contribution in [0.1, 0.15) is 32.3 Å². The van der Waals surface area contributed by atoms with E-state index < -0.39 is 33.7 Å². The molecule has 0 aliphatic carbocycles. The van der Waals surface area contributed by atoms with Crippen LogP contribution in [0.4, 0.5) is 5.69 Å². The molecule has 2 atom stereocenters. The minimum Gasteiger partial charge on any atom is -0.289 e. The molecule has 0 saturated carbocycles. The van der Waals surface area contributed by atoms with Gasteiger partial charge in [-0.05, 0) is 36.5 Å². The summed E-state index contributed by atoms with van der Waals surface area (Å²) in [5.41, 5.74) is 5.32. The van der Waals surface area contributed by atoms with E-state index in [1.165, 1.54) is 0 Å². The van der Waals surface area contributed by atoms with Gasteiger partial charge in [-0.25, -0.2) is 13.9 Å². The Bertz CT molecular complexity index is 1040. The molecule has 9 heteroatoms. The van der Waals surface area contributed by atoms with Crippen LogP contribution in [0.3, 0.4) is 0 Å². The average molecular weight is 474 g/mol. The Morgan fingerprint density at radius 2 is 1.55 bits per heavy atom. The Morgan fingerprint density at radius 3 is 2.06 bits per heavy atom. The lowest BCUT2D eigenvalue weighted by atomic mass is 9.82. The van der Waals surface area contributed by atoms with Crippen molar-refractivity contribution < 1.29 is 23.2 Å². The molecule has 2 aromatic rings. The normalized spacial score (nSPS) is 13.5. The number of hydrogen-bond acceptors (Lipinski definition) is 5. The molecule has 0 aliphatic rings. The quantitative estimate of drug-likeness (QED) is 0.342. The van der Waals surface area contributed by atoms with Gasteiger partial charge < -0.3 is 0 Å². The maximum absolute atomic E-state index is 13.3. The third-order valence-electron chi connectivity index (χ3n) is 5.03. The minimum absolute atomic E-state index is 0.0382. The zero-order valence-electron chi connectivity index (χ0n) is 19.0. The number of anilines is 1. The third-order valence-corrected chi connectivity index (χ3v) is 5.99. The van der Waals surface area contributed by atoms with E-state index in [2.05, 4.69) is 5.43 Å². The van der Waals surface area contributed by atoms with E-state index in [1.54, 1.807) is 41.9 Å². The molecule has 3 N–H and O–H groups in total. The number of allylic oxidation sites excluding steroid dienone is 1. The second-order valence-corrected chi connectivity index (χ2v) is 10.0. The van der Waals surface area contributed by atoms with Gasteiger partial charge in [-0.3, -0.25) is 20.2 Å². The van der Waals surface area contributed by atoms with E-state index in [9.17, 15) is 23.2 Å². The minimum atomic E-state index is -3.84. The molecule has 0 spiro atoms. The molecular formula is C24H31N3O5S. The van der Waals surface area contributed by atoms with Gasteiger partial charge in [0.25, 0.3) is 0 Å². The summed E-state index contributed by atoms with van der Waals surface area (Å²) in [4.78, 5) is 25.8. The number of amides is 2. The number of sulfonamides is 1. The summed E-state index contributed by atoms with van der Waals surface area (Å²) < 4.78 is 25.6. The van der Waals surface area contributed by atoms with Crippen molar-refractivity contribution in [1.82, 2.24) is 10.9 Å². The largest absolute Gasteiger partial charge is 0.289 e. The molecule has 0 heterocycles. The third kappa shape index (κ3) is 8.03. The lowest BCUT2D eigenvalue weighted by Gasteiger charge is -2.29. The highest BCUT2D eigenvalue weighted by Crippen LogP contribution is 2.26. The van der Waals surface area contributed by atoms with Crippen molar-refractivity contribution in [3.05, 3.63) is 72.3 Å². The molecule has 8 nitrogen and oxygen atoms in total. The fourth-order valence-electron chi connectivity index (χ4n) is 3.50. The van der Waals surface area contributed by atoms with Crippen LogP contribution in [-0.2, 0) is 19.6 Å². The van der Waals surface area contributed by atoms with Gasteiger partial charge in [0.15, 0.2) is 0 Å². The summed E-state index contributed by atoms with van der Waals surface area (Å²) >= 11 is 0. The monoisotopic (exact) mass is 473 g/mol. The molecule has 0 aliphatic heterocycles. The lowest BCUT2D eigenvalue weighted by Crippen LogP contribution is -2.51. The smallest absolute Gasteiger partial charge is 0.249 e. The summed E-state index contributed by atoms with van der Waals surface area (Å²) in [6.45, 7) is 3.80. The SMILES string of the molecule is CC(C)C[C@H](C(=O)NN(c1ccccc1)S(C)(=O)=O)[C@H](CC=Cc1ccccc1)C(=O)NO. The van der Waals surface area contributed by atoms with Crippen LogP contribution >= 0.6 is 0 Å². The molecule has 2 aromatic carbocycles. The zero-order valence-corrected chi connectivity index (χ0v) is 19.8. The van der Waals surface area contributed by atoms with E-state index in [-0.39, 0.29) is 18.0 Å². The van der Waals surface area contributed by atoms with Gasteiger partial charge in [-0.15, -0.1) is 0 Å². The first-order valence-corrected chi connectivity index (χ1v) is 12.5. The molecule has 0 bridgehead atoms. The number of hydroxylamine groups is 1. The predicted octanol–water partition coefficient (Wildman–Crippen LogP) is 3.37. The molecule has 0 unspecified atom stereocenters. The number of nitrogens with zero attached hydrogens (tertiary/aromatic N) is 1. The number of hydrogen-bond donors (Lipinski definition) is 3. The maximum Gasteiger partial charge on any atom is 0.249 e. The molecule has 0 aromatic heterocycles. The van der Waals surface area contributed by atoms with Gasteiger partial charge in [0, 0.05) is 0 Å². The number of hydrazine groups is 1. The van der Waals surface area contributed by atoms with Gasteiger partial charge in [0.1, 0.15) is 0 Å². The number of rotatable bonds is 11. The molecule has 0 fully saturated rings. The second-order valence-electron chi connectivity index (χ2n) is 8.21. The number of carbonyl (C=O) groups is 2. The van der Waals surface area contributed by atoms with E-state index in [0.29, 0.717) is 6.42 Å². The van der Waals surface area contributed by atoms with Crippen molar-refractivity contribution in [1.29, 1.82) is 0 Å². The first-order chi connectivity index (χ1) is 15.6. The molecule has 33 heavy (non-hydrogen) atoms. The van der Waals surface area contributed by atoms with Crippen molar-refractivity contribution in [3.8, 4) is 0 Å². The number of benzene rings is 2. The summed E-state index contributed by atoms with van der Waals surface area (Å²) in [5.74, 6) is -3.09. The highest BCUT2D eigenvalue weighted by Gasteiger charge is 2.35. The fraction of sp³-hybridized carbons (Fsp3) is 0.333. The van der Waals surface area contributed by atoms with Gasteiger partial charge in [0.2, 0.25) is 21.8 Å². The zero-order chi connectivity index (χ0) is 24.4. The summed E-state index contributed by atoms with van der Waals surface area (Å²) in [7, 11) is -3.84. The van der Waals surface area contributed by atoms with Crippen LogP contribution in [0.5, 0.6) is 0 Å². The van der Waals surface area contributed by atoms with Crippen LogP contribution in [0.25, 0.3) is 6.08 Å².